The SMILES string of the molecule is C[C@H](N)C(=O)N1CCSC(C)(C)C1.Cl. The lowest BCUT2D eigenvalue weighted by molar-refractivity contribution is -0.132. The Kier molecular flexibility index (Phi) is 5.26. The maximum Gasteiger partial charge on any atom is 0.239 e. The van der Waals surface area contributed by atoms with Gasteiger partial charge in [0, 0.05) is 23.6 Å². The van der Waals surface area contributed by atoms with Crippen molar-refractivity contribution in [3.63, 3.8) is 0 Å². The summed E-state index contributed by atoms with van der Waals surface area (Å²) in [7, 11) is 0. The summed E-state index contributed by atoms with van der Waals surface area (Å²) in [4.78, 5) is 13.5. The van der Waals surface area contributed by atoms with Crippen LogP contribution in [0.25, 0.3) is 0 Å². The Morgan fingerprint density at radius 1 is 1.57 bits per heavy atom. The van der Waals surface area contributed by atoms with Gasteiger partial charge in [0.25, 0.3) is 0 Å². The second kappa shape index (κ2) is 5.24. The predicted molar refractivity (Wildman–Crippen MR) is 64.0 cm³/mol. The third kappa shape index (κ3) is 3.67. The number of hydrogen-bond acceptors (Lipinski definition) is 3. The zero-order valence-corrected chi connectivity index (χ0v) is 10.6. The van der Waals surface area contributed by atoms with Crippen LogP contribution in [0.1, 0.15) is 20.8 Å². The van der Waals surface area contributed by atoms with Crippen molar-refractivity contribution >= 4 is 30.1 Å². The van der Waals surface area contributed by atoms with Gasteiger partial charge >= 0.3 is 0 Å². The van der Waals surface area contributed by atoms with Gasteiger partial charge in [-0.15, -0.1) is 12.4 Å². The van der Waals surface area contributed by atoms with E-state index in [1.165, 1.54) is 0 Å². The minimum absolute atomic E-state index is 0. The molecule has 0 unspecified atom stereocenters. The molecule has 0 aromatic rings. The summed E-state index contributed by atoms with van der Waals surface area (Å²) in [6, 6.07) is -0.362. The van der Waals surface area contributed by atoms with Crippen LogP contribution < -0.4 is 5.73 Å². The minimum Gasteiger partial charge on any atom is -0.339 e. The highest BCUT2D eigenvalue weighted by Crippen LogP contribution is 2.29. The molecule has 0 spiro atoms. The van der Waals surface area contributed by atoms with E-state index in [-0.39, 0.29) is 29.1 Å². The molecule has 5 heteroatoms. The summed E-state index contributed by atoms with van der Waals surface area (Å²) < 4.78 is 0.183. The van der Waals surface area contributed by atoms with Crippen molar-refractivity contribution in [3.05, 3.63) is 0 Å². The monoisotopic (exact) mass is 238 g/mol. The molecule has 1 aliphatic heterocycles. The summed E-state index contributed by atoms with van der Waals surface area (Å²) in [6.07, 6.45) is 0. The lowest BCUT2D eigenvalue weighted by Crippen LogP contribution is -2.50. The Hall–Kier alpha value is 0.0700. The van der Waals surface area contributed by atoms with Crippen LogP contribution in [0, 0.1) is 0 Å². The second-order valence-corrected chi connectivity index (χ2v) is 5.96. The van der Waals surface area contributed by atoms with Gasteiger partial charge in [0.15, 0.2) is 0 Å². The zero-order valence-electron chi connectivity index (χ0n) is 8.95. The van der Waals surface area contributed by atoms with Crippen molar-refractivity contribution in [1.82, 2.24) is 4.90 Å². The van der Waals surface area contributed by atoms with Gasteiger partial charge < -0.3 is 10.6 Å². The Morgan fingerprint density at radius 3 is 2.57 bits per heavy atom. The number of thioether (sulfide) groups is 1. The number of halogens is 1. The average molecular weight is 239 g/mol. The van der Waals surface area contributed by atoms with Crippen LogP contribution in [-0.4, -0.2) is 40.4 Å². The Bertz CT molecular complexity index is 209. The molecule has 84 valence electrons. The summed E-state index contributed by atoms with van der Waals surface area (Å²) in [5.74, 6) is 1.10. The smallest absolute Gasteiger partial charge is 0.239 e. The Balaban J connectivity index is 0.00000169. The molecule has 1 heterocycles. The van der Waals surface area contributed by atoms with Gasteiger partial charge in [-0.05, 0) is 20.8 Å². The lowest BCUT2D eigenvalue weighted by atomic mass is 10.1. The fourth-order valence-electron chi connectivity index (χ4n) is 1.49. The fourth-order valence-corrected chi connectivity index (χ4v) is 2.60. The van der Waals surface area contributed by atoms with Crippen LogP contribution >= 0.6 is 24.2 Å². The maximum absolute atomic E-state index is 11.6. The summed E-state index contributed by atoms with van der Waals surface area (Å²) in [5.41, 5.74) is 5.56. The van der Waals surface area contributed by atoms with Crippen molar-refractivity contribution in [2.24, 2.45) is 5.73 Å². The molecule has 2 N–H and O–H groups in total. The molecule has 0 saturated carbocycles. The minimum atomic E-state index is -0.362. The molecular formula is C9H19ClN2OS. The van der Waals surface area contributed by atoms with Crippen molar-refractivity contribution in [3.8, 4) is 0 Å². The van der Waals surface area contributed by atoms with Crippen molar-refractivity contribution < 1.29 is 4.79 Å². The van der Waals surface area contributed by atoms with E-state index < -0.39 is 0 Å². The quantitative estimate of drug-likeness (QED) is 0.745. The van der Waals surface area contributed by atoms with E-state index in [0.29, 0.717) is 0 Å². The first-order chi connectivity index (χ1) is 5.92. The highest BCUT2D eigenvalue weighted by Gasteiger charge is 2.30. The number of nitrogens with zero attached hydrogens (tertiary/aromatic N) is 1. The molecule has 0 aliphatic carbocycles. The molecule has 0 bridgehead atoms. The standard InChI is InChI=1S/C9H18N2OS.ClH/c1-7(10)8(12)11-4-5-13-9(2,3)6-11;/h7H,4-6,10H2,1-3H3;1H/t7-;/m0./s1. The first-order valence-electron chi connectivity index (χ1n) is 4.61. The topological polar surface area (TPSA) is 46.3 Å². The van der Waals surface area contributed by atoms with Crippen LogP contribution in [0.2, 0.25) is 0 Å². The van der Waals surface area contributed by atoms with E-state index >= 15 is 0 Å². The molecule has 3 nitrogen and oxygen atoms in total. The van der Waals surface area contributed by atoms with Gasteiger partial charge in [-0.25, -0.2) is 0 Å². The molecule has 0 aromatic heterocycles. The number of hydrogen-bond donors (Lipinski definition) is 1. The molecule has 1 amide bonds. The summed E-state index contributed by atoms with van der Waals surface area (Å²) in [6.45, 7) is 7.74. The van der Waals surface area contributed by atoms with Crippen LogP contribution in [0.4, 0.5) is 0 Å². The number of nitrogens with two attached hydrogens (primary N) is 1. The summed E-state index contributed by atoms with van der Waals surface area (Å²) >= 11 is 1.92. The number of carbonyl (C=O) groups excluding carboxylic acids is 1. The van der Waals surface area contributed by atoms with Gasteiger partial charge in [-0.1, -0.05) is 0 Å². The molecule has 1 saturated heterocycles. The van der Waals surface area contributed by atoms with Gasteiger partial charge in [0.1, 0.15) is 0 Å². The van der Waals surface area contributed by atoms with E-state index in [4.69, 9.17) is 5.73 Å². The molecule has 1 fully saturated rings. The van der Waals surface area contributed by atoms with Crippen molar-refractivity contribution in [2.75, 3.05) is 18.8 Å². The first-order valence-corrected chi connectivity index (χ1v) is 5.59. The largest absolute Gasteiger partial charge is 0.339 e. The highest BCUT2D eigenvalue weighted by molar-refractivity contribution is 8.00. The summed E-state index contributed by atoms with van der Waals surface area (Å²) in [5, 5.41) is 0. The molecule has 1 atom stereocenters. The molecular weight excluding hydrogens is 220 g/mol. The van der Waals surface area contributed by atoms with Crippen molar-refractivity contribution in [2.45, 2.75) is 31.6 Å². The number of carbonyl (C=O) groups is 1. The zero-order chi connectivity index (χ0) is 10.1. The van der Waals surface area contributed by atoms with E-state index in [1.54, 1.807) is 6.92 Å². The van der Waals surface area contributed by atoms with Gasteiger partial charge in [0.2, 0.25) is 5.91 Å². The van der Waals surface area contributed by atoms with Crippen LogP contribution in [0.3, 0.4) is 0 Å². The molecule has 1 rings (SSSR count). The molecule has 1 aliphatic rings. The molecule has 0 aromatic carbocycles. The van der Waals surface area contributed by atoms with Crippen LogP contribution in [-0.2, 0) is 4.79 Å². The van der Waals surface area contributed by atoms with Crippen LogP contribution in [0.5, 0.6) is 0 Å². The second-order valence-electron chi connectivity index (χ2n) is 4.16. The third-order valence-electron chi connectivity index (χ3n) is 2.13. The third-order valence-corrected chi connectivity index (χ3v) is 3.42. The first kappa shape index (κ1) is 14.1. The number of rotatable bonds is 1. The Morgan fingerprint density at radius 2 is 2.14 bits per heavy atom. The van der Waals surface area contributed by atoms with E-state index in [1.807, 2.05) is 16.7 Å². The van der Waals surface area contributed by atoms with E-state index in [9.17, 15) is 4.79 Å². The van der Waals surface area contributed by atoms with E-state index in [0.717, 1.165) is 18.8 Å². The predicted octanol–water partition coefficient (Wildman–Crippen LogP) is 1.11. The molecule has 14 heavy (non-hydrogen) atoms. The normalized spacial score (nSPS) is 22.4. The average Bonchev–Trinajstić information content (AvgIpc) is 2.01. The Labute approximate surface area is 96.2 Å². The van der Waals surface area contributed by atoms with E-state index in [2.05, 4.69) is 13.8 Å². The molecule has 0 radical (unpaired) electrons. The fraction of sp³-hybridized carbons (Fsp3) is 0.889. The van der Waals surface area contributed by atoms with Gasteiger partial charge in [-0.2, -0.15) is 11.8 Å². The highest BCUT2D eigenvalue weighted by atomic mass is 35.5. The van der Waals surface area contributed by atoms with Gasteiger partial charge in [0.05, 0.1) is 6.04 Å². The number of amides is 1. The lowest BCUT2D eigenvalue weighted by Gasteiger charge is -2.38. The van der Waals surface area contributed by atoms with Gasteiger partial charge in [-0.3, -0.25) is 4.79 Å². The van der Waals surface area contributed by atoms with Crippen LogP contribution in [0.15, 0.2) is 0 Å². The van der Waals surface area contributed by atoms with Crippen molar-refractivity contribution in [1.29, 1.82) is 0 Å². The maximum atomic E-state index is 11.6.